The van der Waals surface area contributed by atoms with Crippen molar-refractivity contribution in [1.29, 1.82) is 0 Å². The number of nitrogens with zero attached hydrogens (tertiary/aromatic N) is 2. The molecule has 1 aliphatic carbocycles. The van der Waals surface area contributed by atoms with Gasteiger partial charge >= 0.3 is 31.1 Å². The number of hydrogen-bond acceptors (Lipinski definition) is 6. The van der Waals surface area contributed by atoms with E-state index in [-0.39, 0.29) is 102 Å². The molecule has 0 saturated carbocycles. The van der Waals surface area contributed by atoms with Gasteiger partial charge in [0.05, 0.1) is 30.4 Å². The van der Waals surface area contributed by atoms with Crippen molar-refractivity contribution < 1.29 is 75.6 Å². The monoisotopic (exact) mass is 882 g/mol. The SMILES string of the molecule is C[CH-]C.[CH2-]COCC(=O)N[C@H]1CCc2c(C)c(F)cc3nc4c(c1c23)Cn1c-4cc2c(c1=O)COC(=O)[C-]2CC.[Mo].[U+2]. The molecule has 1 amide bonds. The van der Waals surface area contributed by atoms with Crippen LogP contribution < -0.4 is 10.9 Å². The summed E-state index contributed by atoms with van der Waals surface area (Å²) in [6.07, 6.45) is 3.59. The fourth-order valence-electron chi connectivity index (χ4n) is 5.97. The van der Waals surface area contributed by atoms with E-state index in [1.807, 2.05) is 33.3 Å². The smallest absolute Gasteiger partial charge is 0.479 e. The van der Waals surface area contributed by atoms with Gasteiger partial charge in [0.2, 0.25) is 11.5 Å². The van der Waals surface area contributed by atoms with Crippen molar-refractivity contribution in [1.82, 2.24) is 14.9 Å². The van der Waals surface area contributed by atoms with E-state index in [9.17, 15) is 18.8 Å². The van der Waals surface area contributed by atoms with Crippen LogP contribution >= 0.6 is 0 Å². The van der Waals surface area contributed by atoms with Gasteiger partial charge in [-0.3, -0.25) is 14.4 Å². The summed E-state index contributed by atoms with van der Waals surface area (Å²) < 4.78 is 27.0. The molecule has 2 aliphatic heterocycles. The number of aromatic nitrogens is 2. The van der Waals surface area contributed by atoms with Gasteiger partial charge in [-0.15, -0.1) is 6.07 Å². The van der Waals surface area contributed by atoms with Crippen LogP contribution in [-0.4, -0.2) is 34.6 Å². The number of rotatable bonds is 5. The van der Waals surface area contributed by atoms with Crippen LogP contribution in [0.2, 0.25) is 0 Å². The van der Waals surface area contributed by atoms with Gasteiger partial charge in [-0.1, -0.05) is 25.9 Å². The van der Waals surface area contributed by atoms with Gasteiger partial charge in [-0.05, 0) is 42.0 Å². The summed E-state index contributed by atoms with van der Waals surface area (Å²) in [5.41, 5.74) is 5.57. The second-order valence-electron chi connectivity index (χ2n) is 10.2. The van der Waals surface area contributed by atoms with E-state index in [4.69, 9.17) is 14.5 Å². The number of carbonyl (C=O) groups is 2. The van der Waals surface area contributed by atoms with Crippen LogP contribution in [0.3, 0.4) is 0 Å². The molecule has 220 valence electrons. The Morgan fingerprint density at radius 1 is 1.29 bits per heavy atom. The number of halogens is 1. The molecular formula is C31H33FMoN3O5U-. The standard InChI is InChI=1S/C28H26FN3O5.C3H7.Mo.U/c1-4-14-16-8-22-26-17(10-32(22)27(34)18(16)11-37-28(14)35)25-20(30-23(33)12-36-5-2)7-6-15-13(3)19(29)9-21(31-26)24(15)25;1-3-2;;/h8-9,20H,2,4-7,10-12H2,1,3H3,(H,30,33);3H,1-2H3;;/q-2;-1;;+2/t20-;;;/m0.../s1. The molecule has 42 heavy (non-hydrogen) atoms. The van der Waals surface area contributed by atoms with Crippen LogP contribution in [0, 0.1) is 63.1 Å². The fourth-order valence-corrected chi connectivity index (χ4v) is 5.97. The summed E-state index contributed by atoms with van der Waals surface area (Å²) in [4.78, 5) is 43.4. The summed E-state index contributed by atoms with van der Waals surface area (Å²) >= 11 is 0. The molecule has 4 heterocycles. The minimum absolute atomic E-state index is 0. The van der Waals surface area contributed by atoms with Crippen LogP contribution in [0.4, 0.5) is 4.39 Å². The van der Waals surface area contributed by atoms with Gasteiger partial charge in [0, 0.05) is 43.8 Å². The first-order chi connectivity index (χ1) is 19.2. The minimum atomic E-state index is -0.423. The predicted molar refractivity (Wildman–Crippen MR) is 149 cm³/mol. The number of ether oxygens (including phenoxy) is 2. The number of hydrogen-bond donors (Lipinski definition) is 1. The predicted octanol–water partition coefficient (Wildman–Crippen LogP) is 4.44. The second kappa shape index (κ2) is 14.2. The molecule has 0 unspecified atom stereocenters. The molecule has 0 fully saturated rings. The van der Waals surface area contributed by atoms with E-state index in [1.165, 1.54) is 6.07 Å². The van der Waals surface area contributed by atoms with Gasteiger partial charge in [-0.2, -0.15) is 19.4 Å². The van der Waals surface area contributed by atoms with Crippen LogP contribution in [0.15, 0.2) is 16.9 Å². The van der Waals surface area contributed by atoms with Crippen molar-refractivity contribution in [3.05, 3.63) is 80.9 Å². The van der Waals surface area contributed by atoms with Crippen LogP contribution in [0.25, 0.3) is 22.3 Å². The van der Waals surface area contributed by atoms with Gasteiger partial charge in [0.15, 0.2) is 0 Å². The molecule has 8 nitrogen and oxygen atoms in total. The Morgan fingerprint density at radius 3 is 2.67 bits per heavy atom. The van der Waals surface area contributed by atoms with Crippen molar-refractivity contribution in [3.63, 3.8) is 0 Å². The average molecular weight is 881 g/mol. The third-order valence-electron chi connectivity index (χ3n) is 7.72. The van der Waals surface area contributed by atoms with Crippen molar-refractivity contribution in [2.45, 2.75) is 66.2 Å². The van der Waals surface area contributed by atoms with E-state index in [0.717, 1.165) is 22.1 Å². The van der Waals surface area contributed by atoms with E-state index in [1.54, 1.807) is 11.5 Å². The number of aryl methyl sites for hydroxylation is 1. The number of nitrogens with one attached hydrogen (secondary N) is 1. The van der Waals surface area contributed by atoms with Crippen LogP contribution in [0.5, 0.6) is 0 Å². The molecule has 2 aromatic heterocycles. The summed E-state index contributed by atoms with van der Waals surface area (Å²) in [5.74, 6) is -0.571. The first-order valence-corrected chi connectivity index (χ1v) is 13.6. The van der Waals surface area contributed by atoms with Crippen LogP contribution in [0.1, 0.15) is 73.0 Å². The number of carbonyl (C=O) groups excluding carboxylic acids is 2. The summed E-state index contributed by atoms with van der Waals surface area (Å²) in [6.45, 7) is 11.5. The Labute approximate surface area is 283 Å². The normalized spacial score (nSPS) is 15.7. The van der Waals surface area contributed by atoms with E-state index in [0.29, 0.717) is 58.8 Å². The number of esters is 1. The Kier molecular flexibility index (Phi) is 11.7. The average Bonchev–Trinajstić information content (AvgIpc) is 3.30. The topological polar surface area (TPSA) is 99.5 Å². The van der Waals surface area contributed by atoms with Gasteiger partial charge < -0.3 is 32.7 Å². The molecule has 0 bridgehead atoms. The maximum absolute atomic E-state index is 14.9. The summed E-state index contributed by atoms with van der Waals surface area (Å²) in [6, 6.07) is 2.91. The number of amides is 1. The van der Waals surface area contributed by atoms with Crippen molar-refractivity contribution in [3.8, 4) is 11.4 Å². The van der Waals surface area contributed by atoms with Gasteiger partial charge in [0.25, 0.3) is 5.97 Å². The molecule has 0 radical (unpaired) electrons. The molecular weight excluding hydrogens is 847 g/mol. The van der Waals surface area contributed by atoms with E-state index >= 15 is 0 Å². The fraction of sp³-hybridized carbons (Fsp3) is 0.387. The molecule has 1 aromatic carbocycles. The number of cyclic esters (lactones) is 1. The zero-order valence-corrected chi connectivity index (χ0v) is 30.4. The third kappa shape index (κ3) is 5.89. The zero-order valence-electron chi connectivity index (χ0n) is 24.2. The van der Waals surface area contributed by atoms with Gasteiger partial charge in [0.1, 0.15) is 12.4 Å². The van der Waals surface area contributed by atoms with Crippen molar-refractivity contribution in [2.24, 2.45) is 0 Å². The van der Waals surface area contributed by atoms with Crippen molar-refractivity contribution >= 4 is 22.8 Å². The Balaban J connectivity index is 0.000000930. The third-order valence-corrected chi connectivity index (χ3v) is 7.72. The molecule has 0 spiro atoms. The minimum Gasteiger partial charge on any atom is -0.479 e. The maximum atomic E-state index is 14.9. The van der Waals surface area contributed by atoms with Crippen LogP contribution in [-0.2, 0) is 59.7 Å². The quantitative estimate of drug-likeness (QED) is 0.181. The van der Waals surface area contributed by atoms with E-state index < -0.39 is 5.97 Å². The number of benzene rings is 1. The summed E-state index contributed by atoms with van der Waals surface area (Å²) in [7, 11) is 0. The zero-order chi connectivity index (χ0) is 28.7. The maximum Gasteiger partial charge on any atom is 2.00 e. The molecule has 1 atom stereocenters. The molecule has 1 N–H and O–H groups in total. The Morgan fingerprint density at radius 2 is 2.00 bits per heavy atom. The Hall–Kier alpha value is -1.98. The molecule has 3 aliphatic rings. The molecule has 6 rings (SSSR count). The Bertz CT molecular complexity index is 1590. The first kappa shape index (κ1) is 34.5. The number of fused-ring (bicyclic) bond motifs is 5. The molecule has 11 heteroatoms. The largest absolute Gasteiger partial charge is 2.00 e. The second-order valence-corrected chi connectivity index (χ2v) is 10.2. The molecule has 0 saturated heterocycles. The number of pyridine rings is 2. The first-order valence-electron chi connectivity index (χ1n) is 13.6. The summed E-state index contributed by atoms with van der Waals surface area (Å²) in [5, 5.41) is 3.90. The van der Waals surface area contributed by atoms with Gasteiger partial charge in [-0.25, -0.2) is 9.37 Å². The molecule has 3 aromatic rings. The van der Waals surface area contributed by atoms with E-state index in [2.05, 4.69) is 12.2 Å². The van der Waals surface area contributed by atoms with Crippen molar-refractivity contribution in [2.75, 3.05) is 13.2 Å².